The fraction of sp³-hybridized carbons (Fsp3) is 0.261. The van der Waals surface area contributed by atoms with Gasteiger partial charge in [0, 0.05) is 11.4 Å². The molecule has 4 rings (SSSR count). The molecule has 1 amide bonds. The maximum atomic E-state index is 12.9. The van der Waals surface area contributed by atoms with Crippen LogP contribution < -0.4 is 19.9 Å². The van der Waals surface area contributed by atoms with Gasteiger partial charge in [-0.3, -0.25) is 4.79 Å². The maximum Gasteiger partial charge on any atom is 0.259 e. The van der Waals surface area contributed by atoms with Crippen molar-refractivity contribution < 1.29 is 14.4 Å². The highest BCUT2D eigenvalue weighted by atomic mass is 16.5. The minimum absolute atomic E-state index is 0.168. The fourth-order valence-electron chi connectivity index (χ4n) is 3.67. The van der Waals surface area contributed by atoms with E-state index in [1.807, 2.05) is 48.5 Å². The van der Waals surface area contributed by atoms with E-state index in [-0.39, 0.29) is 5.91 Å². The molecule has 1 saturated heterocycles. The van der Waals surface area contributed by atoms with Gasteiger partial charge in [0.2, 0.25) is 0 Å². The molecule has 1 aliphatic rings. The minimum atomic E-state index is -0.168. The van der Waals surface area contributed by atoms with E-state index < -0.39 is 0 Å². The van der Waals surface area contributed by atoms with Crippen molar-refractivity contribution in [2.24, 2.45) is 0 Å². The maximum absolute atomic E-state index is 12.9. The number of benzene rings is 3. The second-order valence-electron chi connectivity index (χ2n) is 7.34. The molecule has 1 heterocycles. The monoisotopic (exact) mass is 376 g/mol. The highest BCUT2D eigenvalue weighted by Crippen LogP contribution is 2.27. The number of hydrogen-bond acceptors (Lipinski definition) is 3. The number of ether oxygens (including phenoxy) is 1. The van der Waals surface area contributed by atoms with Crippen molar-refractivity contribution in [2.75, 3.05) is 50.6 Å². The number of nitrogens with one attached hydrogen (secondary N) is 2. The Bertz CT molecular complexity index is 977. The van der Waals surface area contributed by atoms with Crippen molar-refractivity contribution >= 4 is 28.1 Å². The molecular weight excluding hydrogens is 350 g/mol. The highest BCUT2D eigenvalue weighted by Gasteiger charge is 2.17. The van der Waals surface area contributed by atoms with Gasteiger partial charge in [-0.05, 0) is 47.2 Å². The van der Waals surface area contributed by atoms with Crippen molar-refractivity contribution in [1.29, 1.82) is 0 Å². The quantitative estimate of drug-likeness (QED) is 0.735. The summed E-state index contributed by atoms with van der Waals surface area (Å²) >= 11 is 0. The van der Waals surface area contributed by atoms with Crippen LogP contribution in [0.1, 0.15) is 10.4 Å². The number of carbonyl (C=O) groups excluding carboxylic acids is 1. The smallest absolute Gasteiger partial charge is 0.259 e. The average molecular weight is 376 g/mol. The van der Waals surface area contributed by atoms with E-state index in [1.54, 1.807) is 12.0 Å². The van der Waals surface area contributed by atoms with Gasteiger partial charge in [0.05, 0.1) is 45.9 Å². The number of rotatable bonds is 4. The third kappa shape index (κ3) is 3.80. The number of amides is 1. The number of hydrogen-bond donors (Lipinski definition) is 2. The Morgan fingerprint density at radius 3 is 2.29 bits per heavy atom. The third-order valence-electron chi connectivity index (χ3n) is 5.42. The number of anilines is 2. The van der Waals surface area contributed by atoms with Crippen LogP contribution in [-0.2, 0) is 0 Å². The van der Waals surface area contributed by atoms with E-state index in [0.717, 1.165) is 42.6 Å². The summed E-state index contributed by atoms with van der Waals surface area (Å²) in [6, 6.07) is 19.8. The van der Waals surface area contributed by atoms with Crippen LogP contribution in [0.3, 0.4) is 0 Å². The highest BCUT2D eigenvalue weighted by molar-refractivity contribution is 6.08. The molecular formula is C23H26N3O2+. The van der Waals surface area contributed by atoms with Crippen molar-refractivity contribution in [3.05, 3.63) is 66.2 Å². The SMILES string of the molecule is COc1cc2ccccc2cc1C(=O)Nc1ccc(N2CC[NH+](C)CC2)cc1. The molecule has 2 N–H and O–H groups in total. The number of quaternary nitrogens is 1. The van der Waals surface area contributed by atoms with Gasteiger partial charge in [0.25, 0.3) is 5.91 Å². The number of fused-ring (bicyclic) bond motifs is 1. The Morgan fingerprint density at radius 2 is 1.64 bits per heavy atom. The van der Waals surface area contributed by atoms with Crippen molar-refractivity contribution in [3.8, 4) is 5.75 Å². The van der Waals surface area contributed by atoms with Crippen LogP contribution in [0.15, 0.2) is 60.7 Å². The lowest BCUT2D eigenvalue weighted by molar-refractivity contribution is -0.880. The number of methoxy groups -OCH3 is 1. The lowest BCUT2D eigenvalue weighted by Crippen LogP contribution is -3.12. The van der Waals surface area contributed by atoms with Crippen LogP contribution in [0, 0.1) is 0 Å². The first-order chi connectivity index (χ1) is 13.6. The molecule has 3 aromatic rings. The molecule has 0 saturated carbocycles. The first-order valence-corrected chi connectivity index (χ1v) is 9.68. The Kier molecular flexibility index (Phi) is 5.17. The van der Waals surface area contributed by atoms with E-state index >= 15 is 0 Å². The molecule has 1 fully saturated rings. The number of nitrogens with zero attached hydrogens (tertiary/aromatic N) is 1. The van der Waals surface area contributed by atoms with Crippen molar-refractivity contribution in [1.82, 2.24) is 0 Å². The fourth-order valence-corrected chi connectivity index (χ4v) is 3.67. The first-order valence-electron chi connectivity index (χ1n) is 9.68. The Hall–Kier alpha value is -3.05. The summed E-state index contributed by atoms with van der Waals surface area (Å²) in [5, 5.41) is 5.06. The number of likely N-dealkylation sites (N-methyl/N-ethyl adjacent to an activating group) is 1. The minimum Gasteiger partial charge on any atom is -0.496 e. The van der Waals surface area contributed by atoms with Gasteiger partial charge >= 0.3 is 0 Å². The summed E-state index contributed by atoms with van der Waals surface area (Å²) in [5.74, 6) is 0.409. The standard InChI is InChI=1S/C23H25N3O2/c1-25-11-13-26(14-12-25)20-9-7-19(8-10-20)24-23(27)21-15-17-5-3-4-6-18(17)16-22(21)28-2/h3-10,15-16H,11-14H2,1-2H3,(H,24,27)/p+1. The molecule has 0 atom stereocenters. The lowest BCUT2D eigenvalue weighted by Gasteiger charge is -2.31. The zero-order chi connectivity index (χ0) is 19.5. The first kappa shape index (κ1) is 18.3. The van der Waals surface area contributed by atoms with E-state index in [1.165, 1.54) is 5.69 Å². The molecule has 3 aromatic carbocycles. The van der Waals surface area contributed by atoms with E-state index in [9.17, 15) is 4.79 Å². The zero-order valence-electron chi connectivity index (χ0n) is 16.4. The number of carbonyl (C=O) groups is 1. The third-order valence-corrected chi connectivity index (χ3v) is 5.42. The zero-order valence-corrected chi connectivity index (χ0v) is 16.4. The summed E-state index contributed by atoms with van der Waals surface area (Å²) in [4.78, 5) is 16.8. The molecule has 28 heavy (non-hydrogen) atoms. The van der Waals surface area contributed by atoms with Crippen LogP contribution in [0.2, 0.25) is 0 Å². The Balaban J connectivity index is 1.51. The predicted octanol–water partition coefficient (Wildman–Crippen LogP) is 2.44. The van der Waals surface area contributed by atoms with Crippen LogP contribution in [0.5, 0.6) is 5.75 Å². The summed E-state index contributed by atoms with van der Waals surface area (Å²) in [6.45, 7) is 4.43. The molecule has 1 aliphatic heterocycles. The molecule has 0 radical (unpaired) electrons. The second kappa shape index (κ2) is 7.90. The largest absolute Gasteiger partial charge is 0.496 e. The van der Waals surface area contributed by atoms with E-state index in [4.69, 9.17) is 4.74 Å². The molecule has 0 spiro atoms. The molecule has 0 bridgehead atoms. The molecule has 0 aromatic heterocycles. The van der Waals surface area contributed by atoms with Gasteiger partial charge in [-0.1, -0.05) is 24.3 Å². The van der Waals surface area contributed by atoms with Crippen molar-refractivity contribution in [3.63, 3.8) is 0 Å². The average Bonchev–Trinajstić information content (AvgIpc) is 2.74. The van der Waals surface area contributed by atoms with Gasteiger partial charge in [0.1, 0.15) is 5.75 Å². The predicted molar refractivity (Wildman–Crippen MR) is 114 cm³/mol. The van der Waals surface area contributed by atoms with Crippen LogP contribution in [-0.4, -0.2) is 46.2 Å². The lowest BCUT2D eigenvalue weighted by atomic mass is 10.1. The van der Waals surface area contributed by atoms with Gasteiger partial charge in [-0.25, -0.2) is 0 Å². The normalized spacial score (nSPS) is 14.9. The van der Waals surface area contributed by atoms with Gasteiger partial charge in [0.15, 0.2) is 0 Å². The van der Waals surface area contributed by atoms with Gasteiger partial charge in [-0.2, -0.15) is 0 Å². The Labute approximate surface area is 165 Å². The number of piperazine rings is 1. The van der Waals surface area contributed by atoms with E-state index in [0.29, 0.717) is 11.3 Å². The van der Waals surface area contributed by atoms with Crippen LogP contribution in [0.25, 0.3) is 10.8 Å². The second-order valence-corrected chi connectivity index (χ2v) is 7.34. The topological polar surface area (TPSA) is 46.0 Å². The van der Waals surface area contributed by atoms with Gasteiger partial charge in [-0.15, -0.1) is 0 Å². The summed E-state index contributed by atoms with van der Waals surface area (Å²) < 4.78 is 5.45. The molecule has 5 nitrogen and oxygen atoms in total. The summed E-state index contributed by atoms with van der Waals surface area (Å²) in [5.41, 5.74) is 2.52. The molecule has 5 heteroatoms. The summed E-state index contributed by atoms with van der Waals surface area (Å²) in [6.07, 6.45) is 0. The van der Waals surface area contributed by atoms with Crippen LogP contribution >= 0.6 is 0 Å². The Morgan fingerprint density at radius 1 is 1.00 bits per heavy atom. The molecule has 144 valence electrons. The molecule has 0 unspecified atom stereocenters. The van der Waals surface area contributed by atoms with Crippen molar-refractivity contribution in [2.45, 2.75) is 0 Å². The summed E-state index contributed by atoms with van der Waals surface area (Å²) in [7, 11) is 3.82. The molecule has 0 aliphatic carbocycles. The van der Waals surface area contributed by atoms with Gasteiger partial charge < -0.3 is 19.9 Å². The van der Waals surface area contributed by atoms with Crippen LogP contribution in [0.4, 0.5) is 11.4 Å². The van der Waals surface area contributed by atoms with E-state index in [2.05, 4.69) is 29.4 Å².